The second-order valence-corrected chi connectivity index (χ2v) is 4.18. The van der Waals surface area contributed by atoms with E-state index < -0.39 is 0 Å². The lowest BCUT2D eigenvalue weighted by molar-refractivity contribution is 0.238. The number of nitrogens with one attached hydrogen (secondary N) is 1. The average Bonchev–Trinajstić information content (AvgIpc) is 2.40. The van der Waals surface area contributed by atoms with Crippen molar-refractivity contribution in [1.29, 1.82) is 0 Å². The first-order valence-corrected chi connectivity index (χ1v) is 6.06. The Labute approximate surface area is 105 Å². The van der Waals surface area contributed by atoms with Crippen LogP contribution in [0.15, 0.2) is 35.3 Å². The Balaban J connectivity index is 2.22. The third kappa shape index (κ3) is 2.75. The summed E-state index contributed by atoms with van der Waals surface area (Å²) in [4.78, 5) is 16.2. The fourth-order valence-corrected chi connectivity index (χ4v) is 1.78. The van der Waals surface area contributed by atoms with Gasteiger partial charge in [-0.25, -0.2) is 4.98 Å². The molecule has 2 aromatic rings. The van der Waals surface area contributed by atoms with Crippen LogP contribution >= 0.6 is 0 Å². The number of hydrogen-bond donors (Lipinski definition) is 2. The molecule has 0 saturated carbocycles. The molecule has 0 bridgehead atoms. The van der Waals surface area contributed by atoms with E-state index >= 15 is 0 Å². The molecule has 2 N–H and O–H groups in total. The van der Waals surface area contributed by atoms with Crippen molar-refractivity contribution >= 4 is 5.65 Å². The van der Waals surface area contributed by atoms with Gasteiger partial charge >= 0.3 is 0 Å². The summed E-state index contributed by atoms with van der Waals surface area (Å²) in [5.41, 5.74) is 1.24. The van der Waals surface area contributed by atoms with E-state index in [1.807, 2.05) is 13.0 Å². The number of rotatable bonds is 5. The molecule has 1 atom stereocenters. The lowest BCUT2D eigenvalue weighted by Gasteiger charge is -2.13. The zero-order chi connectivity index (χ0) is 13.0. The van der Waals surface area contributed by atoms with Gasteiger partial charge in [-0.3, -0.25) is 9.20 Å². The van der Waals surface area contributed by atoms with Crippen molar-refractivity contribution in [2.24, 2.45) is 0 Å². The molecule has 0 saturated heterocycles. The SMILES string of the molecule is CCC(CO)NCc1cc(=O)n2ccccc2n1. The molecule has 5 nitrogen and oxygen atoms in total. The number of fused-ring (bicyclic) bond motifs is 1. The van der Waals surface area contributed by atoms with Gasteiger partial charge < -0.3 is 10.4 Å². The van der Waals surface area contributed by atoms with Crippen LogP contribution in [0, 0.1) is 0 Å². The van der Waals surface area contributed by atoms with E-state index in [1.54, 1.807) is 18.3 Å². The summed E-state index contributed by atoms with van der Waals surface area (Å²) in [6.07, 6.45) is 2.54. The topological polar surface area (TPSA) is 66.6 Å². The van der Waals surface area contributed by atoms with Gasteiger partial charge in [0.05, 0.1) is 12.3 Å². The monoisotopic (exact) mass is 247 g/mol. The summed E-state index contributed by atoms with van der Waals surface area (Å²) >= 11 is 0. The molecule has 2 rings (SSSR count). The Morgan fingerprint density at radius 1 is 1.50 bits per heavy atom. The maximum absolute atomic E-state index is 11.8. The van der Waals surface area contributed by atoms with E-state index in [4.69, 9.17) is 5.11 Å². The predicted octanol–water partition coefficient (Wildman–Crippen LogP) is 0.555. The van der Waals surface area contributed by atoms with Crippen molar-refractivity contribution in [3.63, 3.8) is 0 Å². The van der Waals surface area contributed by atoms with Crippen LogP contribution in [0.5, 0.6) is 0 Å². The lowest BCUT2D eigenvalue weighted by atomic mass is 10.2. The minimum absolute atomic E-state index is 0.0426. The number of aliphatic hydroxyl groups excluding tert-OH is 1. The molecule has 0 amide bonds. The lowest BCUT2D eigenvalue weighted by Crippen LogP contribution is -2.32. The number of hydrogen-bond acceptors (Lipinski definition) is 4. The smallest absolute Gasteiger partial charge is 0.258 e. The van der Waals surface area contributed by atoms with Gasteiger partial charge in [0.2, 0.25) is 0 Å². The summed E-state index contributed by atoms with van der Waals surface area (Å²) in [6, 6.07) is 7.01. The van der Waals surface area contributed by atoms with Gasteiger partial charge in [0.25, 0.3) is 5.56 Å². The summed E-state index contributed by atoms with van der Waals surface area (Å²) in [5.74, 6) is 0. The van der Waals surface area contributed by atoms with E-state index in [1.165, 1.54) is 10.5 Å². The number of aliphatic hydroxyl groups is 1. The first-order chi connectivity index (χ1) is 8.74. The zero-order valence-electron chi connectivity index (χ0n) is 10.3. The van der Waals surface area contributed by atoms with Crippen LogP contribution in [0.25, 0.3) is 5.65 Å². The molecule has 2 aromatic heterocycles. The molecule has 0 aliphatic carbocycles. The molecule has 0 aliphatic rings. The van der Waals surface area contributed by atoms with Crippen molar-refractivity contribution in [2.75, 3.05) is 6.61 Å². The van der Waals surface area contributed by atoms with Gasteiger partial charge in [0.15, 0.2) is 0 Å². The number of nitrogens with zero attached hydrogens (tertiary/aromatic N) is 2. The van der Waals surface area contributed by atoms with E-state index in [0.29, 0.717) is 17.9 Å². The minimum Gasteiger partial charge on any atom is -0.395 e. The van der Waals surface area contributed by atoms with E-state index in [0.717, 1.165) is 6.42 Å². The highest BCUT2D eigenvalue weighted by Crippen LogP contribution is 1.99. The van der Waals surface area contributed by atoms with Gasteiger partial charge in [0.1, 0.15) is 5.65 Å². The maximum atomic E-state index is 11.8. The minimum atomic E-state index is -0.0885. The number of aromatic nitrogens is 2. The quantitative estimate of drug-likeness (QED) is 0.810. The van der Waals surface area contributed by atoms with E-state index in [-0.39, 0.29) is 18.2 Å². The molecule has 0 fully saturated rings. The normalized spacial score (nSPS) is 12.8. The average molecular weight is 247 g/mol. The first-order valence-electron chi connectivity index (χ1n) is 6.06. The molecular formula is C13H17N3O2. The molecule has 5 heteroatoms. The van der Waals surface area contributed by atoms with Crippen LogP contribution < -0.4 is 10.9 Å². The fraction of sp³-hybridized carbons (Fsp3) is 0.385. The molecule has 0 aliphatic heterocycles. The Bertz CT molecular complexity index is 576. The zero-order valence-corrected chi connectivity index (χ0v) is 10.3. The van der Waals surface area contributed by atoms with Crippen LogP contribution in [0.2, 0.25) is 0 Å². The molecular weight excluding hydrogens is 230 g/mol. The van der Waals surface area contributed by atoms with E-state index in [9.17, 15) is 4.79 Å². The largest absolute Gasteiger partial charge is 0.395 e. The molecule has 1 unspecified atom stereocenters. The highest BCUT2D eigenvalue weighted by molar-refractivity contribution is 5.37. The van der Waals surface area contributed by atoms with Gasteiger partial charge in [-0.15, -0.1) is 0 Å². The van der Waals surface area contributed by atoms with Crippen molar-refractivity contribution in [3.05, 3.63) is 46.5 Å². The number of pyridine rings is 1. The maximum Gasteiger partial charge on any atom is 0.258 e. The summed E-state index contributed by atoms with van der Waals surface area (Å²) in [5, 5.41) is 12.2. The van der Waals surface area contributed by atoms with Crippen molar-refractivity contribution in [3.8, 4) is 0 Å². The highest BCUT2D eigenvalue weighted by atomic mass is 16.3. The molecule has 18 heavy (non-hydrogen) atoms. The standard InChI is InChI=1S/C13H17N3O2/c1-2-10(9-17)14-8-11-7-13(18)16-6-4-3-5-12(16)15-11/h3-7,10,14,17H,2,8-9H2,1H3. The Morgan fingerprint density at radius 2 is 2.33 bits per heavy atom. The summed E-state index contributed by atoms with van der Waals surface area (Å²) in [6.45, 7) is 2.57. The van der Waals surface area contributed by atoms with E-state index in [2.05, 4.69) is 10.3 Å². The van der Waals surface area contributed by atoms with Crippen LogP contribution in [-0.2, 0) is 6.54 Å². The van der Waals surface area contributed by atoms with Crippen molar-refractivity contribution < 1.29 is 5.11 Å². The highest BCUT2D eigenvalue weighted by Gasteiger charge is 2.06. The summed E-state index contributed by atoms with van der Waals surface area (Å²) in [7, 11) is 0. The van der Waals surface area contributed by atoms with Crippen LogP contribution in [-0.4, -0.2) is 27.1 Å². The Kier molecular flexibility index (Phi) is 4.07. The third-order valence-electron chi connectivity index (χ3n) is 2.91. The predicted molar refractivity (Wildman–Crippen MR) is 69.5 cm³/mol. The summed E-state index contributed by atoms with van der Waals surface area (Å²) < 4.78 is 1.51. The first kappa shape index (κ1) is 12.7. The Morgan fingerprint density at radius 3 is 3.06 bits per heavy atom. The van der Waals surface area contributed by atoms with Crippen molar-refractivity contribution in [1.82, 2.24) is 14.7 Å². The Hall–Kier alpha value is -1.72. The molecule has 0 radical (unpaired) electrons. The second kappa shape index (κ2) is 5.75. The molecule has 0 spiro atoms. The molecule has 2 heterocycles. The second-order valence-electron chi connectivity index (χ2n) is 4.18. The fourth-order valence-electron chi connectivity index (χ4n) is 1.78. The van der Waals surface area contributed by atoms with Gasteiger partial charge in [-0.2, -0.15) is 0 Å². The third-order valence-corrected chi connectivity index (χ3v) is 2.91. The molecule has 0 aromatic carbocycles. The van der Waals surface area contributed by atoms with Crippen LogP contribution in [0.3, 0.4) is 0 Å². The van der Waals surface area contributed by atoms with Crippen molar-refractivity contribution in [2.45, 2.75) is 25.9 Å². The van der Waals surface area contributed by atoms with Gasteiger partial charge in [-0.1, -0.05) is 13.0 Å². The van der Waals surface area contributed by atoms with Crippen LogP contribution in [0.4, 0.5) is 0 Å². The van der Waals surface area contributed by atoms with Gasteiger partial charge in [0, 0.05) is 24.8 Å². The van der Waals surface area contributed by atoms with Crippen LogP contribution in [0.1, 0.15) is 19.0 Å². The molecule has 96 valence electrons. The van der Waals surface area contributed by atoms with Gasteiger partial charge in [-0.05, 0) is 18.6 Å².